The molecule has 0 saturated carbocycles. The van der Waals surface area contributed by atoms with Crippen LogP contribution in [0.1, 0.15) is 19.5 Å². The van der Waals surface area contributed by atoms with Crippen LogP contribution in [0.3, 0.4) is 0 Å². The molecule has 0 aliphatic carbocycles. The lowest BCUT2D eigenvalue weighted by molar-refractivity contribution is -0.143. The van der Waals surface area contributed by atoms with Crippen LogP contribution in [0.25, 0.3) is 0 Å². The fourth-order valence-corrected chi connectivity index (χ4v) is 1.81. The molecule has 5 heteroatoms. The molecule has 1 atom stereocenters. The maximum Gasteiger partial charge on any atom is 0.307 e. The van der Waals surface area contributed by atoms with E-state index in [-0.39, 0.29) is 5.92 Å². The molecule has 0 radical (unpaired) electrons. The Bertz CT molecular complexity index is 417. The molecule has 0 aromatic carbocycles. The van der Waals surface area contributed by atoms with E-state index in [4.69, 9.17) is 9.47 Å². The smallest absolute Gasteiger partial charge is 0.307 e. The zero-order valence-corrected chi connectivity index (χ0v) is 11.1. The molecule has 1 N–H and O–H groups in total. The number of nitrogens with zero attached hydrogens (tertiary/aromatic N) is 1. The summed E-state index contributed by atoms with van der Waals surface area (Å²) in [6, 6.07) is 1.69. The lowest BCUT2D eigenvalue weighted by Crippen LogP contribution is -2.23. The third-order valence-electron chi connectivity index (χ3n) is 2.90. The third kappa shape index (κ3) is 3.12. The predicted molar refractivity (Wildman–Crippen MR) is 67.0 cm³/mol. The van der Waals surface area contributed by atoms with Crippen molar-refractivity contribution >= 4 is 5.97 Å². The summed E-state index contributed by atoms with van der Waals surface area (Å²) in [4.78, 5) is 15.4. The second-order valence-electron chi connectivity index (χ2n) is 4.39. The number of ether oxygens (including phenoxy) is 2. The van der Waals surface area contributed by atoms with E-state index in [1.165, 1.54) is 7.11 Å². The van der Waals surface area contributed by atoms with E-state index in [1.54, 1.807) is 19.4 Å². The Morgan fingerprint density at radius 1 is 1.39 bits per heavy atom. The molecule has 18 heavy (non-hydrogen) atoms. The first kappa shape index (κ1) is 14.3. The average Bonchev–Trinajstić information content (AvgIpc) is 2.34. The Balaban J connectivity index is 3.06. The van der Waals surface area contributed by atoms with Gasteiger partial charge in [0.25, 0.3) is 0 Å². The summed E-state index contributed by atoms with van der Waals surface area (Å²) in [5.74, 6) is -0.210. The number of carboxylic acid groups (broad SMARTS) is 1. The monoisotopic (exact) mass is 253 g/mol. The van der Waals surface area contributed by atoms with Gasteiger partial charge in [-0.1, -0.05) is 13.8 Å². The van der Waals surface area contributed by atoms with Gasteiger partial charge in [-0.05, 0) is 5.92 Å². The Labute approximate surface area is 107 Å². The zero-order valence-electron chi connectivity index (χ0n) is 11.1. The minimum absolute atomic E-state index is 0.0280. The van der Waals surface area contributed by atoms with E-state index >= 15 is 0 Å². The molecule has 0 saturated heterocycles. The van der Waals surface area contributed by atoms with Crippen LogP contribution in [-0.2, 0) is 11.2 Å². The van der Waals surface area contributed by atoms with Crippen LogP contribution in [0.15, 0.2) is 12.3 Å². The summed E-state index contributed by atoms with van der Waals surface area (Å²) in [6.45, 7) is 3.76. The molecule has 5 nitrogen and oxygen atoms in total. The Morgan fingerprint density at radius 3 is 2.50 bits per heavy atom. The van der Waals surface area contributed by atoms with Gasteiger partial charge in [0.05, 0.1) is 25.8 Å². The molecule has 0 aliphatic rings. The molecule has 0 fully saturated rings. The number of aliphatic carboxylic acids is 1. The number of methoxy groups -OCH3 is 2. The van der Waals surface area contributed by atoms with Gasteiger partial charge < -0.3 is 14.6 Å². The minimum atomic E-state index is -0.823. The number of carboxylic acids is 1. The molecule has 1 heterocycles. The quantitative estimate of drug-likeness (QED) is 0.839. The number of aromatic nitrogens is 1. The molecule has 0 bridgehead atoms. The van der Waals surface area contributed by atoms with Crippen molar-refractivity contribution in [2.24, 2.45) is 11.8 Å². The summed E-state index contributed by atoms with van der Waals surface area (Å²) in [5, 5.41) is 9.20. The van der Waals surface area contributed by atoms with Gasteiger partial charge >= 0.3 is 5.97 Å². The molecule has 0 spiro atoms. The van der Waals surface area contributed by atoms with Gasteiger partial charge in [0.2, 0.25) is 0 Å². The molecule has 1 aromatic heterocycles. The second kappa shape index (κ2) is 6.23. The van der Waals surface area contributed by atoms with Crippen LogP contribution >= 0.6 is 0 Å². The molecule has 0 amide bonds. The molecule has 1 unspecified atom stereocenters. The first-order valence-electron chi connectivity index (χ1n) is 5.79. The topological polar surface area (TPSA) is 68.7 Å². The minimum Gasteiger partial charge on any atom is -0.493 e. The van der Waals surface area contributed by atoms with Gasteiger partial charge in [-0.3, -0.25) is 9.78 Å². The van der Waals surface area contributed by atoms with Crippen LogP contribution in [0, 0.1) is 11.8 Å². The van der Waals surface area contributed by atoms with Crippen LogP contribution in [-0.4, -0.2) is 30.3 Å². The number of rotatable bonds is 6. The van der Waals surface area contributed by atoms with E-state index in [0.717, 1.165) is 0 Å². The third-order valence-corrected chi connectivity index (χ3v) is 2.90. The van der Waals surface area contributed by atoms with Crippen molar-refractivity contribution in [3.05, 3.63) is 18.0 Å². The Kier molecular flexibility index (Phi) is 4.95. The van der Waals surface area contributed by atoms with Crippen molar-refractivity contribution in [2.75, 3.05) is 14.2 Å². The molecule has 1 rings (SSSR count). The summed E-state index contributed by atoms with van der Waals surface area (Å²) in [7, 11) is 3.06. The van der Waals surface area contributed by atoms with Crippen molar-refractivity contribution in [3.8, 4) is 11.5 Å². The predicted octanol–water partition coefficient (Wildman–Crippen LogP) is 2.00. The SMILES string of the molecule is COc1ccnc(CC(C(=O)O)C(C)C)c1OC. The Morgan fingerprint density at radius 2 is 2.06 bits per heavy atom. The van der Waals surface area contributed by atoms with Gasteiger partial charge in [0.1, 0.15) is 0 Å². The van der Waals surface area contributed by atoms with Crippen molar-refractivity contribution in [2.45, 2.75) is 20.3 Å². The van der Waals surface area contributed by atoms with Gasteiger partial charge in [0.15, 0.2) is 11.5 Å². The van der Waals surface area contributed by atoms with Crippen molar-refractivity contribution in [3.63, 3.8) is 0 Å². The number of hydrogen-bond donors (Lipinski definition) is 1. The highest BCUT2D eigenvalue weighted by Crippen LogP contribution is 2.31. The molecular weight excluding hydrogens is 234 g/mol. The van der Waals surface area contributed by atoms with Crippen molar-refractivity contribution < 1.29 is 19.4 Å². The average molecular weight is 253 g/mol. The second-order valence-corrected chi connectivity index (χ2v) is 4.39. The summed E-state index contributed by atoms with van der Waals surface area (Å²) in [5.41, 5.74) is 0.609. The highest BCUT2D eigenvalue weighted by atomic mass is 16.5. The fourth-order valence-electron chi connectivity index (χ4n) is 1.81. The van der Waals surface area contributed by atoms with Gasteiger partial charge in [-0.25, -0.2) is 0 Å². The van der Waals surface area contributed by atoms with Crippen molar-refractivity contribution in [1.82, 2.24) is 4.98 Å². The van der Waals surface area contributed by atoms with E-state index in [1.807, 2.05) is 13.8 Å². The molecule has 0 aliphatic heterocycles. The zero-order chi connectivity index (χ0) is 13.7. The van der Waals surface area contributed by atoms with Gasteiger partial charge in [-0.15, -0.1) is 0 Å². The summed E-state index contributed by atoms with van der Waals surface area (Å²) in [6.07, 6.45) is 1.92. The standard InChI is InChI=1S/C13H19NO4/c1-8(2)9(13(15)16)7-10-12(18-4)11(17-3)5-6-14-10/h5-6,8-9H,7H2,1-4H3,(H,15,16). The van der Waals surface area contributed by atoms with E-state index < -0.39 is 11.9 Å². The number of pyridine rings is 1. The Hall–Kier alpha value is -1.78. The van der Waals surface area contributed by atoms with E-state index in [0.29, 0.717) is 23.6 Å². The fraction of sp³-hybridized carbons (Fsp3) is 0.538. The molecule has 100 valence electrons. The molecular formula is C13H19NO4. The largest absolute Gasteiger partial charge is 0.493 e. The summed E-state index contributed by atoms with van der Waals surface area (Å²) < 4.78 is 10.4. The van der Waals surface area contributed by atoms with Crippen molar-refractivity contribution in [1.29, 1.82) is 0 Å². The van der Waals surface area contributed by atoms with Crippen LogP contribution in [0.4, 0.5) is 0 Å². The lowest BCUT2D eigenvalue weighted by atomic mass is 9.91. The van der Waals surface area contributed by atoms with Crippen LogP contribution in [0.5, 0.6) is 11.5 Å². The van der Waals surface area contributed by atoms with E-state index in [9.17, 15) is 9.90 Å². The number of carbonyl (C=O) groups is 1. The van der Waals surface area contributed by atoms with Gasteiger partial charge in [0, 0.05) is 18.7 Å². The normalized spacial score (nSPS) is 12.3. The maximum atomic E-state index is 11.2. The first-order chi connectivity index (χ1) is 8.51. The first-order valence-corrected chi connectivity index (χ1v) is 5.79. The summed E-state index contributed by atoms with van der Waals surface area (Å²) >= 11 is 0. The van der Waals surface area contributed by atoms with E-state index in [2.05, 4.69) is 4.98 Å². The maximum absolute atomic E-state index is 11.2. The highest BCUT2D eigenvalue weighted by Gasteiger charge is 2.25. The highest BCUT2D eigenvalue weighted by molar-refractivity contribution is 5.70. The molecule has 1 aromatic rings. The lowest BCUT2D eigenvalue weighted by Gasteiger charge is -2.18. The van der Waals surface area contributed by atoms with Crippen LogP contribution < -0.4 is 9.47 Å². The number of hydrogen-bond acceptors (Lipinski definition) is 4. The van der Waals surface area contributed by atoms with Gasteiger partial charge in [-0.2, -0.15) is 0 Å². The van der Waals surface area contributed by atoms with Crippen LogP contribution in [0.2, 0.25) is 0 Å².